The van der Waals surface area contributed by atoms with Crippen molar-refractivity contribution in [1.82, 2.24) is 9.97 Å². The predicted molar refractivity (Wildman–Crippen MR) is 110 cm³/mol. The van der Waals surface area contributed by atoms with Crippen LogP contribution in [0.1, 0.15) is 60.3 Å². The highest BCUT2D eigenvalue weighted by Gasteiger charge is 2.19. The number of para-hydroxylation sites is 1. The van der Waals surface area contributed by atoms with Crippen molar-refractivity contribution in [1.29, 1.82) is 0 Å². The molecule has 1 saturated carbocycles. The van der Waals surface area contributed by atoms with Crippen LogP contribution in [-0.4, -0.2) is 9.97 Å². The summed E-state index contributed by atoms with van der Waals surface area (Å²) in [5.74, 6) is -0.889. The van der Waals surface area contributed by atoms with Crippen molar-refractivity contribution in [2.75, 3.05) is 0 Å². The largest absolute Gasteiger partial charge is 0.437 e. The molecule has 1 aliphatic rings. The number of hydrogen-bond acceptors (Lipinski definition) is 3. The number of benzene rings is 1. The number of fused-ring (bicyclic) bond motifs is 3. The van der Waals surface area contributed by atoms with E-state index in [2.05, 4.69) is 9.97 Å². The van der Waals surface area contributed by atoms with Crippen LogP contribution in [0.5, 0.6) is 0 Å². The molecule has 27 heavy (non-hydrogen) atoms. The van der Waals surface area contributed by atoms with Crippen molar-refractivity contribution in [3.63, 3.8) is 0 Å². The van der Waals surface area contributed by atoms with E-state index in [1.165, 1.54) is 0 Å². The first-order valence-electron chi connectivity index (χ1n) is 11.6. The van der Waals surface area contributed by atoms with Crippen molar-refractivity contribution in [2.24, 2.45) is 0 Å². The van der Waals surface area contributed by atoms with Gasteiger partial charge in [0.25, 0.3) is 0 Å². The minimum Gasteiger partial charge on any atom is -0.437 e. The first-order chi connectivity index (χ1) is 14.8. The van der Waals surface area contributed by atoms with E-state index in [0.717, 1.165) is 41.3 Å². The molecule has 1 aromatic carbocycles. The maximum Gasteiger partial charge on any atom is 0.227 e. The van der Waals surface area contributed by atoms with Gasteiger partial charge in [0, 0.05) is 33.7 Å². The molecule has 1 fully saturated rings. The van der Waals surface area contributed by atoms with Crippen molar-refractivity contribution < 1.29 is 9.90 Å². The van der Waals surface area contributed by atoms with E-state index in [1.54, 1.807) is 12.3 Å². The molecule has 1 aliphatic carbocycles. The summed E-state index contributed by atoms with van der Waals surface area (Å²) in [6, 6.07) is 11.4. The second-order valence-electron chi connectivity index (χ2n) is 7.37. The Balaban J connectivity index is 1.71. The molecule has 3 heteroatoms. The zero-order valence-corrected chi connectivity index (χ0v) is 15.4. The Bertz CT molecular complexity index is 1290. The molecule has 3 heterocycles. The van der Waals surface area contributed by atoms with Crippen molar-refractivity contribution in [3.8, 4) is 11.3 Å². The lowest BCUT2D eigenvalue weighted by Crippen LogP contribution is -2.07. The molecule has 3 aromatic heterocycles. The Morgan fingerprint density at radius 2 is 2.00 bits per heavy atom. The average molecular weight is 360 g/mol. The average Bonchev–Trinajstić information content (AvgIpc) is 3.11. The molecule has 5 rings (SSSR count). The lowest BCUT2D eigenvalue weighted by molar-refractivity contribution is 0.441. The van der Waals surface area contributed by atoms with Gasteiger partial charge in [-0.2, -0.15) is 0 Å². The third-order valence-corrected chi connectivity index (χ3v) is 5.52. The van der Waals surface area contributed by atoms with Gasteiger partial charge in [-0.05, 0) is 67.9 Å². The molecule has 0 unspecified atom stereocenters. The Labute approximate surface area is 165 Å². The number of aryl methyl sites for hydroxylation is 2. The first-order valence-corrected chi connectivity index (χ1v) is 9.57. The van der Waals surface area contributed by atoms with Crippen LogP contribution in [0.2, 0.25) is 0 Å². The van der Waals surface area contributed by atoms with Crippen LogP contribution in [-0.2, 0) is 0 Å². The Kier molecular flexibility index (Phi) is 3.04. The zero-order valence-electron chi connectivity index (χ0n) is 19.4. The Morgan fingerprint density at radius 3 is 2.85 bits per heavy atom. The fourth-order valence-electron chi connectivity index (χ4n) is 4.11. The molecule has 3 nitrogen and oxygen atoms in total. The van der Waals surface area contributed by atoms with Crippen molar-refractivity contribution in [2.45, 2.75) is 51.8 Å². The van der Waals surface area contributed by atoms with Gasteiger partial charge in [0.15, 0.2) is 0 Å². The first kappa shape index (κ1) is 12.7. The molecule has 0 radical (unpaired) electrons. The second kappa shape index (κ2) is 6.49. The number of hydrogen-bond donors (Lipinski definition) is 0. The normalized spacial score (nSPS) is 19.4. The highest BCUT2D eigenvalue weighted by molar-refractivity contribution is 6.08. The van der Waals surface area contributed by atoms with E-state index >= 15 is 0 Å². The molecule has 4 aromatic rings. The van der Waals surface area contributed by atoms with E-state index < -0.39 is 12.7 Å². The number of rotatable bonds is 2. The Hall–Kier alpha value is -2.68. The summed E-state index contributed by atoms with van der Waals surface area (Å²) >= 11 is 0. The maximum atomic E-state index is 8.96. The lowest BCUT2D eigenvalue weighted by atomic mass is 9.83. The van der Waals surface area contributed by atoms with Gasteiger partial charge in [-0.25, -0.2) is 4.98 Å². The molecule has 0 amide bonds. The summed E-state index contributed by atoms with van der Waals surface area (Å²) in [6.07, 6.45) is 5.92. The fraction of sp³-hybridized carbons (Fsp3) is 0.333. The van der Waals surface area contributed by atoms with Crippen LogP contribution in [0, 0.1) is 13.8 Å². The third-order valence-electron chi connectivity index (χ3n) is 5.52. The summed E-state index contributed by atoms with van der Waals surface area (Å²) < 4.78 is 39.5. The quantitative estimate of drug-likeness (QED) is 0.399. The molecule has 0 saturated heterocycles. The van der Waals surface area contributed by atoms with E-state index in [-0.39, 0.29) is 5.56 Å². The van der Waals surface area contributed by atoms with E-state index in [4.69, 9.17) is 9.90 Å². The molecular weight excluding hydrogens is 332 g/mol. The molecule has 0 bridgehead atoms. The SMILES string of the molecule is [2H]C([2H])([2H])c1cc(-c2cccc3c2oc2nc(C)ccc23)ncc1C1([2H])CCCCC1. The van der Waals surface area contributed by atoms with Gasteiger partial charge in [-0.15, -0.1) is 0 Å². The van der Waals surface area contributed by atoms with Gasteiger partial charge < -0.3 is 4.42 Å². The van der Waals surface area contributed by atoms with E-state index in [1.807, 2.05) is 37.3 Å². The molecular formula is C24H24N2O. The second-order valence-corrected chi connectivity index (χ2v) is 7.37. The number of pyridine rings is 2. The lowest BCUT2D eigenvalue weighted by Gasteiger charge is -2.23. The monoisotopic (exact) mass is 360 g/mol. The molecule has 0 spiro atoms. The molecule has 0 atom stereocenters. The predicted octanol–water partition coefficient (Wildman–Crippen LogP) is 6.71. The summed E-state index contributed by atoms with van der Waals surface area (Å²) in [4.78, 5) is 9.12. The fourth-order valence-corrected chi connectivity index (χ4v) is 4.11. The molecule has 0 aliphatic heterocycles. The van der Waals surface area contributed by atoms with Crippen LogP contribution in [0.4, 0.5) is 0 Å². The van der Waals surface area contributed by atoms with Crippen LogP contribution in [0.25, 0.3) is 33.3 Å². The summed E-state index contributed by atoms with van der Waals surface area (Å²) in [6.45, 7) is -0.405. The number of nitrogens with zero attached hydrogens (tertiary/aromatic N) is 2. The van der Waals surface area contributed by atoms with Crippen LogP contribution in [0.3, 0.4) is 0 Å². The standard InChI is InChI=1S/C24H24N2O/c1-15-13-22(25-14-21(15)17-7-4-3-5-8-17)20-10-6-9-18-19-12-11-16(2)26-24(19)27-23(18)20/h6,9-14,17H,3-5,7-8H2,1-2H3/i1D3,17D. The van der Waals surface area contributed by atoms with Gasteiger partial charge in [-0.1, -0.05) is 31.4 Å². The van der Waals surface area contributed by atoms with Gasteiger partial charge in [-0.3, -0.25) is 4.98 Å². The van der Waals surface area contributed by atoms with E-state index in [9.17, 15) is 0 Å². The van der Waals surface area contributed by atoms with E-state index in [0.29, 0.717) is 35.4 Å². The maximum absolute atomic E-state index is 8.96. The topological polar surface area (TPSA) is 38.9 Å². The smallest absolute Gasteiger partial charge is 0.227 e. The highest BCUT2D eigenvalue weighted by atomic mass is 16.3. The number of aromatic nitrogens is 2. The van der Waals surface area contributed by atoms with Gasteiger partial charge in [0.1, 0.15) is 5.58 Å². The molecule has 136 valence electrons. The van der Waals surface area contributed by atoms with Crippen LogP contribution < -0.4 is 0 Å². The zero-order chi connectivity index (χ0) is 21.8. The summed E-state index contributed by atoms with van der Waals surface area (Å²) in [5, 5.41) is 1.84. The van der Waals surface area contributed by atoms with Gasteiger partial charge >= 0.3 is 0 Å². The summed E-state index contributed by atoms with van der Waals surface area (Å²) in [7, 11) is 0. The summed E-state index contributed by atoms with van der Waals surface area (Å²) in [5.41, 5.74) is 4.09. The number of furan rings is 1. The Morgan fingerprint density at radius 1 is 1.11 bits per heavy atom. The minimum atomic E-state index is -2.32. The minimum absolute atomic E-state index is 0.219. The third kappa shape index (κ3) is 2.82. The van der Waals surface area contributed by atoms with Crippen LogP contribution in [0.15, 0.2) is 47.0 Å². The molecule has 0 N–H and O–H groups in total. The van der Waals surface area contributed by atoms with Gasteiger partial charge in [0.2, 0.25) is 5.71 Å². The highest BCUT2D eigenvalue weighted by Crippen LogP contribution is 2.37. The van der Waals surface area contributed by atoms with Crippen LogP contribution >= 0.6 is 0 Å². The van der Waals surface area contributed by atoms with Crippen molar-refractivity contribution in [3.05, 3.63) is 59.4 Å². The van der Waals surface area contributed by atoms with Gasteiger partial charge in [0.05, 0.1) is 5.69 Å². The van der Waals surface area contributed by atoms with Crippen molar-refractivity contribution >= 4 is 22.1 Å².